The molecule has 1 aromatic rings. The van der Waals surface area contributed by atoms with E-state index >= 15 is 0 Å². The second-order valence-corrected chi connectivity index (χ2v) is 4.17. The van der Waals surface area contributed by atoms with Gasteiger partial charge in [-0.05, 0) is 6.92 Å². The lowest BCUT2D eigenvalue weighted by Crippen LogP contribution is -2.42. The van der Waals surface area contributed by atoms with E-state index in [1.807, 2.05) is 0 Å². The van der Waals surface area contributed by atoms with Crippen LogP contribution < -0.4 is 11.2 Å². The van der Waals surface area contributed by atoms with Crippen molar-refractivity contribution in [2.24, 2.45) is 5.41 Å². The molecule has 0 aliphatic rings. The highest BCUT2D eigenvalue weighted by Gasteiger charge is 2.29. The van der Waals surface area contributed by atoms with Gasteiger partial charge in [-0.2, -0.15) is 0 Å². The molecule has 0 saturated carbocycles. The highest BCUT2D eigenvalue weighted by atomic mass is 16.3. The Morgan fingerprint density at radius 1 is 1.24 bits per heavy atom. The lowest BCUT2D eigenvalue weighted by atomic mass is 9.91. The predicted molar refractivity (Wildman–Crippen MR) is 59.8 cm³/mol. The van der Waals surface area contributed by atoms with Gasteiger partial charge in [0.1, 0.15) is 0 Å². The molecule has 0 bridgehead atoms. The van der Waals surface area contributed by atoms with Gasteiger partial charge >= 0.3 is 5.69 Å². The number of rotatable bonds is 5. The molecule has 96 valence electrons. The van der Waals surface area contributed by atoms with Crippen molar-refractivity contribution in [1.29, 1.82) is 0 Å². The Hall–Kier alpha value is -1.44. The molecule has 0 aliphatic carbocycles. The number of nitrogens with one attached hydrogen (secondary N) is 1. The number of aliphatic hydroxyl groups excluding tert-OH is 3. The smallest absolute Gasteiger partial charge is 0.328 e. The van der Waals surface area contributed by atoms with Gasteiger partial charge in [0.15, 0.2) is 0 Å². The molecule has 0 atom stereocenters. The molecular formula is C10H16N2O5. The second kappa shape index (κ2) is 5.26. The maximum Gasteiger partial charge on any atom is 0.328 e. The summed E-state index contributed by atoms with van der Waals surface area (Å²) < 4.78 is 1.15. The molecule has 1 heterocycles. The van der Waals surface area contributed by atoms with Crippen LogP contribution in [-0.2, 0) is 6.54 Å². The number of aryl methyl sites for hydroxylation is 1. The van der Waals surface area contributed by atoms with Crippen LogP contribution in [-0.4, -0.2) is 44.7 Å². The summed E-state index contributed by atoms with van der Waals surface area (Å²) in [5, 5.41) is 27.4. The van der Waals surface area contributed by atoms with E-state index in [9.17, 15) is 9.59 Å². The van der Waals surface area contributed by atoms with Gasteiger partial charge in [-0.3, -0.25) is 14.3 Å². The molecule has 0 saturated heterocycles. The molecule has 7 heteroatoms. The van der Waals surface area contributed by atoms with Crippen molar-refractivity contribution in [3.05, 3.63) is 32.6 Å². The fraction of sp³-hybridized carbons (Fsp3) is 0.600. The third kappa shape index (κ3) is 2.82. The number of hydrogen-bond acceptors (Lipinski definition) is 5. The fourth-order valence-electron chi connectivity index (χ4n) is 1.40. The highest BCUT2D eigenvalue weighted by Crippen LogP contribution is 2.16. The summed E-state index contributed by atoms with van der Waals surface area (Å²) in [6.45, 7) is 0.0556. The van der Waals surface area contributed by atoms with Gasteiger partial charge in [0.2, 0.25) is 0 Å². The second-order valence-electron chi connectivity index (χ2n) is 4.17. The maximum absolute atomic E-state index is 11.5. The molecular weight excluding hydrogens is 228 g/mol. The number of nitrogens with zero attached hydrogens (tertiary/aromatic N) is 1. The van der Waals surface area contributed by atoms with Gasteiger partial charge in [0.25, 0.3) is 5.56 Å². The molecule has 0 amide bonds. The average Bonchev–Trinajstić information content (AvgIpc) is 2.33. The summed E-state index contributed by atoms with van der Waals surface area (Å²) in [6.07, 6.45) is 1.33. The monoisotopic (exact) mass is 244 g/mol. The first kappa shape index (κ1) is 13.6. The third-order valence-electron chi connectivity index (χ3n) is 2.70. The van der Waals surface area contributed by atoms with Crippen LogP contribution in [0.25, 0.3) is 0 Å². The van der Waals surface area contributed by atoms with E-state index in [1.54, 1.807) is 0 Å². The molecule has 4 N–H and O–H groups in total. The van der Waals surface area contributed by atoms with Crippen molar-refractivity contribution in [2.45, 2.75) is 13.5 Å². The number of aromatic amines is 1. The van der Waals surface area contributed by atoms with Crippen LogP contribution in [0.3, 0.4) is 0 Å². The van der Waals surface area contributed by atoms with E-state index in [-0.39, 0.29) is 6.54 Å². The normalized spacial score (nSPS) is 11.8. The fourth-order valence-corrected chi connectivity index (χ4v) is 1.40. The molecule has 0 aromatic carbocycles. The average molecular weight is 244 g/mol. The summed E-state index contributed by atoms with van der Waals surface area (Å²) in [4.78, 5) is 24.7. The number of hydrogen-bond donors (Lipinski definition) is 4. The number of aliphatic hydroxyl groups is 3. The Morgan fingerprint density at radius 2 is 1.76 bits per heavy atom. The Labute approximate surface area is 97.0 Å². The molecule has 0 aliphatic heterocycles. The largest absolute Gasteiger partial charge is 0.396 e. The summed E-state index contributed by atoms with van der Waals surface area (Å²) in [5.74, 6) is 0. The minimum absolute atomic E-state index is 0.0764. The summed E-state index contributed by atoms with van der Waals surface area (Å²) in [7, 11) is 0. The van der Waals surface area contributed by atoms with Crippen LogP contribution in [0.15, 0.2) is 15.8 Å². The zero-order valence-corrected chi connectivity index (χ0v) is 9.51. The van der Waals surface area contributed by atoms with Crippen LogP contribution in [0.4, 0.5) is 0 Å². The van der Waals surface area contributed by atoms with Crippen LogP contribution in [0, 0.1) is 12.3 Å². The van der Waals surface area contributed by atoms with E-state index in [0.29, 0.717) is 5.56 Å². The first-order valence-corrected chi connectivity index (χ1v) is 5.11. The van der Waals surface area contributed by atoms with Gasteiger partial charge in [0, 0.05) is 18.3 Å². The summed E-state index contributed by atoms with van der Waals surface area (Å²) in [6, 6.07) is 0. The van der Waals surface area contributed by atoms with E-state index in [1.165, 1.54) is 13.1 Å². The quantitative estimate of drug-likeness (QED) is 0.469. The molecule has 0 spiro atoms. The molecule has 7 nitrogen and oxygen atoms in total. The van der Waals surface area contributed by atoms with Crippen molar-refractivity contribution >= 4 is 0 Å². The first-order valence-electron chi connectivity index (χ1n) is 5.11. The zero-order chi connectivity index (χ0) is 13.1. The Kier molecular flexibility index (Phi) is 4.22. The molecule has 0 unspecified atom stereocenters. The SMILES string of the molecule is Cc1cn(CC(CO)(CO)CO)c(=O)[nH]c1=O. The third-order valence-corrected chi connectivity index (χ3v) is 2.70. The minimum Gasteiger partial charge on any atom is -0.396 e. The van der Waals surface area contributed by atoms with E-state index in [4.69, 9.17) is 15.3 Å². The van der Waals surface area contributed by atoms with Crippen molar-refractivity contribution in [1.82, 2.24) is 9.55 Å². The summed E-state index contributed by atoms with van der Waals surface area (Å²) in [5.41, 5.74) is -1.96. The van der Waals surface area contributed by atoms with Crippen LogP contribution in [0.5, 0.6) is 0 Å². The minimum atomic E-state index is -1.19. The van der Waals surface area contributed by atoms with Crippen LogP contribution in [0.1, 0.15) is 5.56 Å². The molecule has 0 fully saturated rings. The lowest BCUT2D eigenvalue weighted by molar-refractivity contribution is -0.00778. The van der Waals surface area contributed by atoms with E-state index < -0.39 is 36.5 Å². The van der Waals surface area contributed by atoms with Crippen LogP contribution in [0.2, 0.25) is 0 Å². The maximum atomic E-state index is 11.5. The van der Waals surface area contributed by atoms with Gasteiger partial charge in [-0.15, -0.1) is 0 Å². The van der Waals surface area contributed by atoms with Crippen molar-refractivity contribution < 1.29 is 15.3 Å². The number of aromatic nitrogens is 2. The van der Waals surface area contributed by atoms with Gasteiger partial charge in [-0.1, -0.05) is 0 Å². The lowest BCUT2D eigenvalue weighted by Gasteiger charge is -2.27. The summed E-state index contributed by atoms with van der Waals surface area (Å²) >= 11 is 0. The molecule has 1 rings (SSSR count). The Balaban J connectivity index is 3.14. The van der Waals surface area contributed by atoms with Crippen molar-refractivity contribution in [3.8, 4) is 0 Å². The zero-order valence-electron chi connectivity index (χ0n) is 9.51. The Bertz CT molecular complexity index is 478. The van der Waals surface area contributed by atoms with Gasteiger partial charge < -0.3 is 15.3 Å². The first-order chi connectivity index (χ1) is 7.98. The topological polar surface area (TPSA) is 116 Å². The van der Waals surface area contributed by atoms with Crippen LogP contribution >= 0.6 is 0 Å². The van der Waals surface area contributed by atoms with Gasteiger partial charge in [-0.25, -0.2) is 4.79 Å². The Morgan fingerprint density at radius 3 is 2.24 bits per heavy atom. The van der Waals surface area contributed by atoms with Crippen molar-refractivity contribution in [3.63, 3.8) is 0 Å². The predicted octanol–water partition coefficient (Wildman–Crippen LogP) is -2.19. The standard InChI is InChI=1S/C10H16N2O5/c1-7-2-12(9(17)11-8(7)16)3-10(4-13,5-14)6-15/h2,13-15H,3-6H2,1H3,(H,11,16,17). The van der Waals surface area contributed by atoms with E-state index in [0.717, 1.165) is 4.57 Å². The highest BCUT2D eigenvalue weighted by molar-refractivity contribution is 5.01. The molecule has 1 aromatic heterocycles. The molecule has 17 heavy (non-hydrogen) atoms. The van der Waals surface area contributed by atoms with Crippen molar-refractivity contribution in [2.75, 3.05) is 19.8 Å². The van der Waals surface area contributed by atoms with E-state index in [2.05, 4.69) is 4.98 Å². The molecule has 0 radical (unpaired) electrons. The van der Waals surface area contributed by atoms with Gasteiger partial charge in [0.05, 0.1) is 25.2 Å². The number of H-pyrrole nitrogens is 1.